The maximum atomic E-state index is 11.9. The number of rotatable bonds is 7. The fraction of sp³-hybridized carbons (Fsp3) is 0.467. The summed E-state index contributed by atoms with van der Waals surface area (Å²) in [4.78, 5) is 11.9. The molecule has 0 saturated carbocycles. The summed E-state index contributed by atoms with van der Waals surface area (Å²) < 4.78 is 0. The van der Waals surface area contributed by atoms with Crippen molar-refractivity contribution in [1.82, 2.24) is 5.32 Å². The van der Waals surface area contributed by atoms with E-state index in [0.717, 1.165) is 24.8 Å². The SMILES string of the molecule is CCCC(CC)NC(=O)Cc1ccc(C(N)=NO)cc1. The van der Waals surface area contributed by atoms with Gasteiger partial charge in [-0.25, -0.2) is 0 Å². The van der Waals surface area contributed by atoms with Gasteiger partial charge in [0.15, 0.2) is 5.84 Å². The van der Waals surface area contributed by atoms with Crippen molar-refractivity contribution in [3.05, 3.63) is 35.4 Å². The van der Waals surface area contributed by atoms with Gasteiger partial charge in [-0.2, -0.15) is 0 Å². The third-order valence-corrected chi connectivity index (χ3v) is 3.22. The molecule has 110 valence electrons. The van der Waals surface area contributed by atoms with E-state index in [1.807, 2.05) is 12.1 Å². The lowest BCUT2D eigenvalue weighted by Crippen LogP contribution is -2.35. The highest BCUT2D eigenvalue weighted by atomic mass is 16.4. The van der Waals surface area contributed by atoms with Crippen LogP contribution in [-0.4, -0.2) is 23.0 Å². The fourth-order valence-electron chi connectivity index (χ4n) is 2.04. The molecular weight excluding hydrogens is 254 g/mol. The summed E-state index contributed by atoms with van der Waals surface area (Å²) in [5, 5.41) is 14.6. The van der Waals surface area contributed by atoms with Crippen LogP contribution in [0.2, 0.25) is 0 Å². The standard InChI is InChI=1S/C15H23N3O2/c1-3-5-13(4-2)17-14(19)10-11-6-8-12(9-7-11)15(16)18-20/h6-9,13,20H,3-5,10H2,1-2H3,(H2,16,18)(H,17,19). The van der Waals surface area contributed by atoms with Crippen LogP contribution < -0.4 is 11.1 Å². The first kappa shape index (κ1) is 16.0. The van der Waals surface area contributed by atoms with E-state index in [1.54, 1.807) is 12.1 Å². The third kappa shape index (κ3) is 4.91. The molecule has 0 heterocycles. The molecule has 0 spiro atoms. The van der Waals surface area contributed by atoms with Crippen molar-refractivity contribution in [3.63, 3.8) is 0 Å². The molecule has 1 aromatic carbocycles. The molecule has 0 aliphatic carbocycles. The average molecular weight is 277 g/mol. The van der Waals surface area contributed by atoms with Crippen molar-refractivity contribution in [3.8, 4) is 0 Å². The molecule has 0 aromatic heterocycles. The predicted octanol–water partition coefficient (Wildman–Crippen LogP) is 2.02. The minimum atomic E-state index is 0.0295. The number of nitrogens with zero attached hydrogens (tertiary/aromatic N) is 1. The van der Waals surface area contributed by atoms with Gasteiger partial charge in [0, 0.05) is 11.6 Å². The molecule has 1 unspecified atom stereocenters. The number of oxime groups is 1. The average Bonchev–Trinajstić information content (AvgIpc) is 2.46. The molecule has 0 radical (unpaired) electrons. The Morgan fingerprint density at radius 3 is 2.50 bits per heavy atom. The van der Waals surface area contributed by atoms with Gasteiger partial charge >= 0.3 is 0 Å². The molecule has 1 amide bonds. The van der Waals surface area contributed by atoms with E-state index >= 15 is 0 Å². The largest absolute Gasteiger partial charge is 0.409 e. The van der Waals surface area contributed by atoms with E-state index in [2.05, 4.69) is 24.3 Å². The summed E-state index contributed by atoms with van der Waals surface area (Å²) in [6.07, 6.45) is 3.36. The van der Waals surface area contributed by atoms with Crippen LogP contribution in [0.15, 0.2) is 29.4 Å². The lowest BCUT2D eigenvalue weighted by molar-refractivity contribution is -0.121. The Bertz CT molecular complexity index is 455. The van der Waals surface area contributed by atoms with E-state index in [1.165, 1.54) is 0 Å². The number of benzene rings is 1. The first-order chi connectivity index (χ1) is 9.60. The normalized spacial score (nSPS) is 13.0. The summed E-state index contributed by atoms with van der Waals surface area (Å²) >= 11 is 0. The number of amidine groups is 1. The van der Waals surface area contributed by atoms with Gasteiger partial charge in [0.25, 0.3) is 0 Å². The second-order valence-electron chi connectivity index (χ2n) is 4.82. The van der Waals surface area contributed by atoms with Crippen molar-refractivity contribution >= 4 is 11.7 Å². The number of hydrogen-bond donors (Lipinski definition) is 3. The first-order valence-corrected chi connectivity index (χ1v) is 6.96. The molecule has 0 aliphatic rings. The second kappa shape index (κ2) is 8.19. The zero-order chi connectivity index (χ0) is 15.0. The molecular formula is C15H23N3O2. The molecule has 1 atom stereocenters. The Morgan fingerprint density at radius 2 is 2.00 bits per heavy atom. The number of hydrogen-bond acceptors (Lipinski definition) is 3. The van der Waals surface area contributed by atoms with Gasteiger partial charge in [-0.05, 0) is 18.4 Å². The Hall–Kier alpha value is -2.04. The molecule has 0 bridgehead atoms. The summed E-state index contributed by atoms with van der Waals surface area (Å²) in [5.74, 6) is 0.0943. The van der Waals surface area contributed by atoms with E-state index in [-0.39, 0.29) is 17.8 Å². The summed E-state index contributed by atoms with van der Waals surface area (Å²) in [6, 6.07) is 7.35. The monoisotopic (exact) mass is 277 g/mol. The predicted molar refractivity (Wildman–Crippen MR) is 79.8 cm³/mol. The molecule has 1 aromatic rings. The Kier molecular flexibility index (Phi) is 6.56. The van der Waals surface area contributed by atoms with Crippen LogP contribution in [0.3, 0.4) is 0 Å². The second-order valence-corrected chi connectivity index (χ2v) is 4.82. The first-order valence-electron chi connectivity index (χ1n) is 6.96. The summed E-state index contributed by atoms with van der Waals surface area (Å²) in [6.45, 7) is 4.19. The van der Waals surface area contributed by atoms with Gasteiger partial charge in [-0.1, -0.05) is 49.7 Å². The zero-order valence-electron chi connectivity index (χ0n) is 12.1. The fourth-order valence-corrected chi connectivity index (χ4v) is 2.04. The summed E-state index contributed by atoms with van der Waals surface area (Å²) in [5.41, 5.74) is 7.02. The maximum absolute atomic E-state index is 11.9. The van der Waals surface area contributed by atoms with Crippen molar-refractivity contribution in [1.29, 1.82) is 0 Å². The number of nitrogens with one attached hydrogen (secondary N) is 1. The van der Waals surface area contributed by atoms with Crippen molar-refractivity contribution in [2.75, 3.05) is 0 Å². The van der Waals surface area contributed by atoms with Crippen LogP contribution in [0.5, 0.6) is 0 Å². The van der Waals surface area contributed by atoms with E-state index in [4.69, 9.17) is 10.9 Å². The van der Waals surface area contributed by atoms with Gasteiger partial charge in [-0.3, -0.25) is 4.79 Å². The van der Waals surface area contributed by atoms with E-state index in [0.29, 0.717) is 12.0 Å². The Morgan fingerprint density at radius 1 is 1.35 bits per heavy atom. The van der Waals surface area contributed by atoms with E-state index in [9.17, 15) is 4.79 Å². The topological polar surface area (TPSA) is 87.7 Å². The highest BCUT2D eigenvalue weighted by molar-refractivity contribution is 5.97. The summed E-state index contributed by atoms with van der Waals surface area (Å²) in [7, 11) is 0. The minimum absolute atomic E-state index is 0.0295. The molecule has 20 heavy (non-hydrogen) atoms. The lowest BCUT2D eigenvalue weighted by atomic mass is 10.1. The van der Waals surface area contributed by atoms with Crippen LogP contribution in [0, 0.1) is 0 Å². The van der Waals surface area contributed by atoms with Gasteiger partial charge in [0.1, 0.15) is 0 Å². The van der Waals surface area contributed by atoms with Crippen LogP contribution >= 0.6 is 0 Å². The molecule has 1 rings (SSSR count). The molecule has 5 heteroatoms. The van der Waals surface area contributed by atoms with Crippen LogP contribution in [-0.2, 0) is 11.2 Å². The van der Waals surface area contributed by atoms with Gasteiger partial charge in [-0.15, -0.1) is 0 Å². The van der Waals surface area contributed by atoms with Crippen molar-refractivity contribution in [2.24, 2.45) is 10.9 Å². The highest BCUT2D eigenvalue weighted by Crippen LogP contribution is 2.06. The number of carbonyl (C=O) groups excluding carboxylic acids is 1. The Labute approximate surface area is 119 Å². The van der Waals surface area contributed by atoms with Crippen molar-refractivity contribution in [2.45, 2.75) is 45.6 Å². The maximum Gasteiger partial charge on any atom is 0.224 e. The Balaban J connectivity index is 2.58. The van der Waals surface area contributed by atoms with Gasteiger partial charge in [0.05, 0.1) is 6.42 Å². The zero-order valence-corrected chi connectivity index (χ0v) is 12.1. The third-order valence-electron chi connectivity index (χ3n) is 3.22. The molecule has 5 nitrogen and oxygen atoms in total. The quantitative estimate of drug-likeness (QED) is 0.308. The van der Waals surface area contributed by atoms with Crippen LogP contribution in [0.1, 0.15) is 44.2 Å². The van der Waals surface area contributed by atoms with E-state index < -0.39 is 0 Å². The molecule has 0 aliphatic heterocycles. The van der Waals surface area contributed by atoms with Gasteiger partial charge < -0.3 is 16.3 Å². The van der Waals surface area contributed by atoms with Crippen LogP contribution in [0.4, 0.5) is 0 Å². The highest BCUT2D eigenvalue weighted by Gasteiger charge is 2.10. The van der Waals surface area contributed by atoms with Gasteiger partial charge in [0.2, 0.25) is 5.91 Å². The smallest absolute Gasteiger partial charge is 0.224 e. The number of carbonyl (C=O) groups is 1. The van der Waals surface area contributed by atoms with Crippen molar-refractivity contribution < 1.29 is 10.0 Å². The molecule has 0 fully saturated rings. The lowest BCUT2D eigenvalue weighted by Gasteiger charge is -2.16. The minimum Gasteiger partial charge on any atom is -0.409 e. The number of amides is 1. The molecule has 0 saturated heterocycles. The number of nitrogens with two attached hydrogens (primary N) is 1. The van der Waals surface area contributed by atoms with Crippen LogP contribution in [0.25, 0.3) is 0 Å². The molecule has 4 N–H and O–H groups in total.